The molecule has 6 heteroatoms. The van der Waals surface area contributed by atoms with Gasteiger partial charge in [0.2, 0.25) is 0 Å². The zero-order valence-corrected chi connectivity index (χ0v) is 16.9. The highest BCUT2D eigenvalue weighted by molar-refractivity contribution is 7.19. The van der Waals surface area contributed by atoms with Gasteiger partial charge in [-0.2, -0.15) is 0 Å². The first-order valence-electron chi connectivity index (χ1n) is 9.60. The Morgan fingerprint density at radius 2 is 1.70 bits per heavy atom. The summed E-state index contributed by atoms with van der Waals surface area (Å²) < 4.78 is 6.88. The molecule has 3 aromatic carbocycles. The van der Waals surface area contributed by atoms with Crippen LogP contribution < -0.4 is 9.64 Å². The van der Waals surface area contributed by atoms with E-state index < -0.39 is 0 Å². The van der Waals surface area contributed by atoms with Gasteiger partial charge in [0.05, 0.1) is 22.3 Å². The number of anilines is 1. The summed E-state index contributed by atoms with van der Waals surface area (Å²) in [6.07, 6.45) is 0. The van der Waals surface area contributed by atoms with Crippen LogP contribution in [-0.4, -0.2) is 22.5 Å². The van der Waals surface area contributed by atoms with Crippen LogP contribution in [-0.2, 0) is 6.61 Å². The van der Waals surface area contributed by atoms with Gasteiger partial charge in [0.15, 0.2) is 0 Å². The number of aliphatic hydroxyl groups is 1. The van der Waals surface area contributed by atoms with E-state index in [0.717, 1.165) is 27.2 Å². The molecule has 30 heavy (non-hydrogen) atoms. The van der Waals surface area contributed by atoms with Crippen molar-refractivity contribution in [1.29, 1.82) is 5.41 Å². The van der Waals surface area contributed by atoms with Crippen LogP contribution in [0.1, 0.15) is 10.6 Å². The molecule has 4 aromatic rings. The second-order valence-corrected chi connectivity index (χ2v) is 8.04. The van der Waals surface area contributed by atoms with E-state index in [4.69, 9.17) is 10.1 Å². The number of ether oxygens (including phenoxy) is 1. The first kappa shape index (κ1) is 18.4. The lowest BCUT2D eigenvalue weighted by Gasteiger charge is -2.19. The maximum atomic E-state index is 10.6. The molecule has 1 aromatic heterocycles. The second-order valence-electron chi connectivity index (χ2n) is 7.01. The average molecular weight is 414 g/mol. The van der Waals surface area contributed by atoms with Crippen molar-refractivity contribution in [2.45, 2.75) is 6.61 Å². The van der Waals surface area contributed by atoms with Crippen molar-refractivity contribution in [3.8, 4) is 5.75 Å². The number of thiazole rings is 1. The Kier molecular flexibility index (Phi) is 4.69. The number of hydrogen-bond donors (Lipinski definition) is 2. The third-order valence-corrected chi connectivity index (χ3v) is 6.06. The molecule has 5 rings (SSSR count). The third kappa shape index (κ3) is 3.42. The Balaban J connectivity index is 1.32. The molecule has 0 fully saturated rings. The summed E-state index contributed by atoms with van der Waals surface area (Å²) in [5.41, 5.74) is 3.32. The molecule has 0 unspecified atom stereocenters. The lowest BCUT2D eigenvalue weighted by atomic mass is 10.2. The van der Waals surface area contributed by atoms with E-state index in [1.54, 1.807) is 4.90 Å². The van der Waals surface area contributed by atoms with Crippen molar-refractivity contribution in [2.24, 2.45) is 0 Å². The molecule has 0 bridgehead atoms. The van der Waals surface area contributed by atoms with E-state index >= 15 is 0 Å². The van der Waals surface area contributed by atoms with Crippen molar-refractivity contribution in [3.63, 3.8) is 0 Å². The summed E-state index contributed by atoms with van der Waals surface area (Å²) in [5.74, 6) is 1.19. The molecular weight excluding hydrogens is 394 g/mol. The number of amidine groups is 1. The van der Waals surface area contributed by atoms with Gasteiger partial charge in [0.25, 0.3) is 0 Å². The molecule has 0 amide bonds. The standard InChI is InChI=1S/C24H19N3O2S/c25-23-22(24-26-19-8-4-5-9-21(19)30-24)20(28)14-27(23)17-10-12-18(13-11-17)29-15-16-6-2-1-3-7-16/h1-13,25,28H,14-15H2. The monoisotopic (exact) mass is 413 g/mol. The fourth-order valence-corrected chi connectivity index (χ4v) is 4.50. The quantitative estimate of drug-likeness (QED) is 0.444. The van der Waals surface area contributed by atoms with Crippen molar-refractivity contribution < 1.29 is 9.84 Å². The Labute approximate surface area is 178 Å². The molecule has 0 saturated heterocycles. The Morgan fingerprint density at radius 3 is 2.47 bits per heavy atom. The van der Waals surface area contributed by atoms with Crippen LogP contribution in [0.3, 0.4) is 0 Å². The summed E-state index contributed by atoms with van der Waals surface area (Å²) in [7, 11) is 0. The smallest absolute Gasteiger partial charge is 0.139 e. The number of nitrogens with zero attached hydrogens (tertiary/aromatic N) is 2. The maximum absolute atomic E-state index is 10.6. The Morgan fingerprint density at radius 1 is 0.967 bits per heavy atom. The number of hydrogen-bond acceptors (Lipinski definition) is 5. The van der Waals surface area contributed by atoms with Crippen LogP contribution in [0.25, 0.3) is 15.8 Å². The molecule has 0 saturated carbocycles. The van der Waals surface area contributed by atoms with E-state index in [2.05, 4.69) is 4.98 Å². The first-order valence-corrected chi connectivity index (χ1v) is 10.4. The molecular formula is C24H19N3O2S. The van der Waals surface area contributed by atoms with E-state index in [1.807, 2.05) is 78.9 Å². The Bertz CT molecular complexity index is 1210. The maximum Gasteiger partial charge on any atom is 0.139 e. The second kappa shape index (κ2) is 7.65. The zero-order valence-electron chi connectivity index (χ0n) is 16.1. The van der Waals surface area contributed by atoms with Crippen LogP contribution >= 0.6 is 11.3 Å². The number of fused-ring (bicyclic) bond motifs is 1. The van der Waals surface area contributed by atoms with Crippen LogP contribution in [0.2, 0.25) is 0 Å². The summed E-state index contributed by atoms with van der Waals surface area (Å²) in [6, 6.07) is 25.4. The van der Waals surface area contributed by atoms with Crippen molar-refractivity contribution in [1.82, 2.24) is 4.98 Å². The van der Waals surface area contributed by atoms with E-state index in [9.17, 15) is 5.11 Å². The molecule has 0 atom stereocenters. The van der Waals surface area contributed by atoms with Crippen LogP contribution in [0.4, 0.5) is 5.69 Å². The third-order valence-electron chi connectivity index (χ3n) is 5.01. The summed E-state index contributed by atoms with van der Waals surface area (Å²) >= 11 is 1.49. The van der Waals surface area contributed by atoms with Gasteiger partial charge in [-0.05, 0) is 42.0 Å². The molecule has 1 aliphatic heterocycles. The number of aliphatic hydroxyl groups excluding tert-OH is 1. The van der Waals surface area contributed by atoms with Crippen LogP contribution in [0.5, 0.6) is 5.75 Å². The minimum absolute atomic E-state index is 0.170. The van der Waals surface area contributed by atoms with E-state index in [-0.39, 0.29) is 18.1 Å². The number of rotatable bonds is 5. The van der Waals surface area contributed by atoms with Crippen molar-refractivity contribution in [2.75, 3.05) is 11.4 Å². The molecule has 5 nitrogen and oxygen atoms in total. The minimum atomic E-state index is 0.170. The van der Waals surface area contributed by atoms with Crippen LogP contribution in [0, 0.1) is 5.41 Å². The highest BCUT2D eigenvalue weighted by Crippen LogP contribution is 2.35. The van der Waals surface area contributed by atoms with E-state index in [0.29, 0.717) is 17.2 Å². The molecule has 0 aliphatic carbocycles. The molecule has 0 spiro atoms. The molecule has 2 heterocycles. The largest absolute Gasteiger partial charge is 0.510 e. The fraction of sp³-hybridized carbons (Fsp3) is 0.0833. The predicted molar refractivity (Wildman–Crippen MR) is 121 cm³/mol. The van der Waals surface area contributed by atoms with Gasteiger partial charge < -0.3 is 14.7 Å². The van der Waals surface area contributed by atoms with Gasteiger partial charge in [0, 0.05) is 5.69 Å². The predicted octanol–water partition coefficient (Wildman–Crippen LogP) is 5.64. The fourth-order valence-electron chi connectivity index (χ4n) is 3.47. The summed E-state index contributed by atoms with van der Waals surface area (Å²) in [4.78, 5) is 6.38. The number of para-hydroxylation sites is 1. The number of nitrogens with one attached hydrogen (secondary N) is 1. The lowest BCUT2D eigenvalue weighted by Crippen LogP contribution is -2.25. The highest BCUT2D eigenvalue weighted by Gasteiger charge is 2.31. The van der Waals surface area contributed by atoms with Crippen LogP contribution in [0.15, 0.2) is 84.6 Å². The van der Waals surface area contributed by atoms with Gasteiger partial charge in [-0.1, -0.05) is 42.5 Å². The van der Waals surface area contributed by atoms with Gasteiger partial charge in [0.1, 0.15) is 29.0 Å². The molecule has 0 radical (unpaired) electrons. The lowest BCUT2D eigenvalue weighted by molar-refractivity contribution is 0.306. The average Bonchev–Trinajstić information content (AvgIpc) is 3.33. The topological polar surface area (TPSA) is 69.4 Å². The molecule has 148 valence electrons. The van der Waals surface area contributed by atoms with E-state index in [1.165, 1.54) is 11.3 Å². The SMILES string of the molecule is N=C1C(c2nc3ccccc3s2)=C(O)CN1c1ccc(OCc2ccccc2)cc1. The van der Waals surface area contributed by atoms with Crippen molar-refractivity contribution in [3.05, 3.63) is 95.2 Å². The van der Waals surface area contributed by atoms with Gasteiger partial charge in [-0.3, -0.25) is 5.41 Å². The number of benzene rings is 3. The number of aromatic nitrogens is 1. The first-order chi connectivity index (χ1) is 14.7. The Hall–Kier alpha value is -3.64. The van der Waals surface area contributed by atoms with Crippen molar-refractivity contribution >= 4 is 38.6 Å². The minimum Gasteiger partial charge on any atom is -0.510 e. The summed E-state index contributed by atoms with van der Waals surface area (Å²) in [6.45, 7) is 0.762. The highest BCUT2D eigenvalue weighted by atomic mass is 32.1. The summed E-state index contributed by atoms with van der Waals surface area (Å²) in [5, 5.41) is 19.9. The normalized spacial score (nSPS) is 14.0. The molecule has 2 N–H and O–H groups in total. The molecule has 1 aliphatic rings. The zero-order chi connectivity index (χ0) is 20.5. The van der Waals surface area contributed by atoms with Gasteiger partial charge in [-0.25, -0.2) is 4.98 Å². The van der Waals surface area contributed by atoms with Gasteiger partial charge in [-0.15, -0.1) is 11.3 Å². The van der Waals surface area contributed by atoms with Gasteiger partial charge >= 0.3 is 0 Å².